The summed E-state index contributed by atoms with van der Waals surface area (Å²) < 4.78 is 27.1. The summed E-state index contributed by atoms with van der Waals surface area (Å²) in [6.07, 6.45) is 4.69. The number of sulfonamides is 1. The van der Waals surface area contributed by atoms with Gasteiger partial charge < -0.3 is 0 Å². The molecule has 0 bridgehead atoms. The Labute approximate surface area is 175 Å². The lowest BCUT2D eigenvalue weighted by atomic mass is 10.2. The van der Waals surface area contributed by atoms with Crippen molar-refractivity contribution in [1.29, 1.82) is 0 Å². The maximum absolute atomic E-state index is 12.8. The van der Waals surface area contributed by atoms with Crippen LogP contribution in [-0.4, -0.2) is 37.0 Å². The lowest BCUT2D eigenvalue weighted by molar-refractivity contribution is 0.346. The van der Waals surface area contributed by atoms with E-state index in [1.54, 1.807) is 22.7 Å². The fourth-order valence-electron chi connectivity index (χ4n) is 3.21. The third kappa shape index (κ3) is 4.72. The summed E-state index contributed by atoms with van der Waals surface area (Å²) in [6.45, 7) is 1.21. The van der Waals surface area contributed by atoms with E-state index in [0.29, 0.717) is 23.1 Å². The molecule has 4 rings (SSSR count). The lowest BCUT2D eigenvalue weighted by Crippen LogP contribution is -2.35. The van der Waals surface area contributed by atoms with Crippen molar-refractivity contribution < 1.29 is 8.42 Å². The smallest absolute Gasteiger partial charge is 0.243 e. The van der Waals surface area contributed by atoms with Crippen molar-refractivity contribution >= 4 is 32.7 Å². The van der Waals surface area contributed by atoms with Crippen LogP contribution in [0.2, 0.25) is 0 Å². The highest BCUT2D eigenvalue weighted by molar-refractivity contribution is 7.89. The number of anilines is 1. The van der Waals surface area contributed by atoms with Gasteiger partial charge in [-0.1, -0.05) is 48.9 Å². The molecule has 29 heavy (non-hydrogen) atoms. The molecule has 0 radical (unpaired) electrons. The lowest BCUT2D eigenvalue weighted by Gasteiger charge is -2.25. The minimum atomic E-state index is -3.41. The quantitative estimate of drug-likeness (QED) is 0.467. The number of aromatic nitrogens is 1. The number of hydrogen-bond donors (Lipinski definition) is 1. The van der Waals surface area contributed by atoms with Crippen molar-refractivity contribution in [3.63, 3.8) is 0 Å². The normalized spacial score (nSPS) is 15.6. The average molecular weight is 427 g/mol. The molecule has 1 aromatic heterocycles. The van der Waals surface area contributed by atoms with Gasteiger partial charge in [0.1, 0.15) is 0 Å². The van der Waals surface area contributed by atoms with Crippen LogP contribution < -0.4 is 5.43 Å². The van der Waals surface area contributed by atoms with E-state index in [4.69, 9.17) is 0 Å². The van der Waals surface area contributed by atoms with Crippen LogP contribution in [0.3, 0.4) is 0 Å². The Morgan fingerprint density at radius 3 is 2.45 bits per heavy atom. The molecule has 0 amide bonds. The molecule has 0 aliphatic carbocycles. The number of nitrogens with zero attached hydrogens (tertiary/aromatic N) is 3. The standard InChI is InChI=1S/C21H22N4O2S2/c26-29(27,25-13-5-2-6-14-25)19-11-9-18(10-12-19)20-16-28-21(23-20)24-22-15-17-7-3-1-4-8-17/h1,3-4,7-12,15-16H,2,5-6,13-14H2,(H,23,24)/b22-15+. The highest BCUT2D eigenvalue weighted by Crippen LogP contribution is 2.27. The zero-order chi connectivity index (χ0) is 20.1. The van der Waals surface area contributed by atoms with Gasteiger partial charge in [-0.25, -0.2) is 13.4 Å². The molecule has 0 atom stereocenters. The van der Waals surface area contributed by atoms with Crippen LogP contribution in [0.15, 0.2) is 70.0 Å². The van der Waals surface area contributed by atoms with Crippen LogP contribution in [0.5, 0.6) is 0 Å². The third-order valence-electron chi connectivity index (χ3n) is 4.78. The van der Waals surface area contributed by atoms with Crippen LogP contribution in [-0.2, 0) is 10.0 Å². The molecule has 6 nitrogen and oxygen atoms in total. The molecule has 1 fully saturated rings. The number of nitrogens with one attached hydrogen (secondary N) is 1. The Morgan fingerprint density at radius 2 is 1.72 bits per heavy atom. The first kappa shape index (κ1) is 19.8. The largest absolute Gasteiger partial charge is 0.253 e. The molecule has 150 valence electrons. The van der Waals surface area contributed by atoms with E-state index in [9.17, 15) is 8.42 Å². The molecular weight excluding hydrogens is 404 g/mol. The van der Waals surface area contributed by atoms with Crippen molar-refractivity contribution in [2.45, 2.75) is 24.2 Å². The fraction of sp³-hybridized carbons (Fsp3) is 0.238. The molecule has 1 saturated heterocycles. The van der Waals surface area contributed by atoms with E-state index < -0.39 is 10.0 Å². The van der Waals surface area contributed by atoms with Crippen molar-refractivity contribution in [3.05, 3.63) is 65.5 Å². The first-order valence-electron chi connectivity index (χ1n) is 9.53. The van der Waals surface area contributed by atoms with Gasteiger partial charge in [0.05, 0.1) is 16.8 Å². The molecule has 3 aromatic rings. The van der Waals surface area contributed by atoms with Gasteiger partial charge in [0, 0.05) is 24.0 Å². The van der Waals surface area contributed by atoms with Gasteiger partial charge in [0.15, 0.2) is 0 Å². The molecule has 2 heterocycles. The van der Waals surface area contributed by atoms with Gasteiger partial charge in [-0.2, -0.15) is 9.41 Å². The van der Waals surface area contributed by atoms with Gasteiger partial charge in [0.2, 0.25) is 15.2 Å². The first-order chi connectivity index (χ1) is 14.1. The second kappa shape index (κ2) is 8.86. The van der Waals surface area contributed by atoms with Gasteiger partial charge in [-0.3, -0.25) is 5.43 Å². The maximum Gasteiger partial charge on any atom is 0.243 e. The van der Waals surface area contributed by atoms with Gasteiger partial charge in [-0.05, 0) is 30.5 Å². The number of rotatable bonds is 6. The zero-order valence-corrected chi connectivity index (χ0v) is 17.5. The number of hydrazone groups is 1. The van der Waals surface area contributed by atoms with Crippen LogP contribution >= 0.6 is 11.3 Å². The van der Waals surface area contributed by atoms with E-state index in [-0.39, 0.29) is 0 Å². The predicted octanol–water partition coefficient (Wildman–Crippen LogP) is 4.43. The fourth-order valence-corrected chi connectivity index (χ4v) is 5.40. The topological polar surface area (TPSA) is 74.7 Å². The minimum Gasteiger partial charge on any atom is -0.253 e. The van der Waals surface area contributed by atoms with E-state index in [2.05, 4.69) is 15.5 Å². The van der Waals surface area contributed by atoms with E-state index >= 15 is 0 Å². The van der Waals surface area contributed by atoms with Crippen LogP contribution in [0.25, 0.3) is 11.3 Å². The van der Waals surface area contributed by atoms with Gasteiger partial charge >= 0.3 is 0 Å². The van der Waals surface area contributed by atoms with E-state index in [1.165, 1.54) is 11.3 Å². The maximum atomic E-state index is 12.8. The summed E-state index contributed by atoms with van der Waals surface area (Å²) in [7, 11) is -3.41. The SMILES string of the molecule is O=S(=O)(c1ccc(-c2csc(N/N=C/c3ccccc3)n2)cc1)N1CCCCC1. The van der Waals surface area contributed by atoms with Crippen molar-refractivity contribution in [1.82, 2.24) is 9.29 Å². The first-order valence-corrected chi connectivity index (χ1v) is 11.9. The summed E-state index contributed by atoms with van der Waals surface area (Å²) >= 11 is 1.45. The summed E-state index contributed by atoms with van der Waals surface area (Å²) in [5.74, 6) is 0. The van der Waals surface area contributed by atoms with E-state index in [0.717, 1.165) is 36.1 Å². The van der Waals surface area contributed by atoms with Crippen molar-refractivity contribution in [3.8, 4) is 11.3 Å². The number of benzene rings is 2. The summed E-state index contributed by atoms with van der Waals surface area (Å²) in [4.78, 5) is 4.86. The summed E-state index contributed by atoms with van der Waals surface area (Å²) in [5.41, 5.74) is 5.60. The second-order valence-electron chi connectivity index (χ2n) is 6.81. The average Bonchev–Trinajstić information content (AvgIpc) is 3.24. The number of piperidine rings is 1. The molecule has 2 aromatic carbocycles. The number of thiazole rings is 1. The van der Waals surface area contributed by atoms with Crippen molar-refractivity contribution in [2.24, 2.45) is 5.10 Å². The predicted molar refractivity (Wildman–Crippen MR) is 118 cm³/mol. The number of hydrogen-bond acceptors (Lipinski definition) is 6. The molecular formula is C21H22N4O2S2. The summed E-state index contributed by atoms with van der Waals surface area (Å²) in [5, 5.41) is 6.81. The Balaban J connectivity index is 1.44. The van der Waals surface area contributed by atoms with Gasteiger partial charge in [0.25, 0.3) is 0 Å². The monoisotopic (exact) mass is 426 g/mol. The third-order valence-corrected chi connectivity index (χ3v) is 7.44. The van der Waals surface area contributed by atoms with Crippen LogP contribution in [0, 0.1) is 0 Å². The summed E-state index contributed by atoms with van der Waals surface area (Å²) in [6, 6.07) is 16.8. The molecule has 0 spiro atoms. The Bertz CT molecular complexity index is 1070. The van der Waals surface area contributed by atoms with Crippen LogP contribution in [0.1, 0.15) is 24.8 Å². The molecule has 8 heteroatoms. The van der Waals surface area contributed by atoms with E-state index in [1.807, 2.05) is 47.8 Å². The molecule has 0 saturated carbocycles. The van der Waals surface area contributed by atoms with Gasteiger partial charge in [-0.15, -0.1) is 11.3 Å². The van der Waals surface area contributed by atoms with Crippen LogP contribution in [0.4, 0.5) is 5.13 Å². The zero-order valence-electron chi connectivity index (χ0n) is 15.9. The molecule has 1 aliphatic heterocycles. The molecule has 0 unspecified atom stereocenters. The van der Waals surface area contributed by atoms with Crippen molar-refractivity contribution in [2.75, 3.05) is 18.5 Å². The Hall–Kier alpha value is -2.55. The highest BCUT2D eigenvalue weighted by atomic mass is 32.2. The Morgan fingerprint density at radius 1 is 1.00 bits per heavy atom. The molecule has 1 aliphatic rings. The Kier molecular flexibility index (Phi) is 6.03. The minimum absolute atomic E-state index is 0.337. The highest BCUT2D eigenvalue weighted by Gasteiger charge is 2.25. The second-order valence-corrected chi connectivity index (χ2v) is 9.60. The molecule has 1 N–H and O–H groups in total.